The monoisotopic (exact) mass is 290 g/mol. The van der Waals surface area contributed by atoms with Gasteiger partial charge in [-0.05, 0) is 36.8 Å². The molecule has 2 rings (SSSR count). The highest BCUT2D eigenvalue weighted by atomic mass is 35.5. The molecule has 0 saturated carbocycles. The lowest BCUT2D eigenvalue weighted by Gasteiger charge is -2.11. The second-order valence-corrected chi connectivity index (χ2v) is 4.77. The maximum absolute atomic E-state index is 12.2. The number of aryl methyl sites for hydroxylation is 1. The van der Waals surface area contributed by atoms with Crippen molar-refractivity contribution in [2.45, 2.75) is 6.92 Å². The van der Waals surface area contributed by atoms with E-state index < -0.39 is 0 Å². The highest BCUT2D eigenvalue weighted by Gasteiger charge is 2.14. The van der Waals surface area contributed by atoms with Gasteiger partial charge in [0.2, 0.25) is 0 Å². The number of halogens is 1. The number of benzene rings is 2. The average molecular weight is 291 g/mol. The van der Waals surface area contributed by atoms with Gasteiger partial charge in [0.1, 0.15) is 5.75 Å². The van der Waals surface area contributed by atoms with Crippen LogP contribution < -0.4 is 15.8 Å². The van der Waals surface area contributed by atoms with Gasteiger partial charge in [-0.15, -0.1) is 0 Å². The summed E-state index contributed by atoms with van der Waals surface area (Å²) in [6.07, 6.45) is 0. The fourth-order valence-corrected chi connectivity index (χ4v) is 2.11. The number of para-hydroxylation sites is 1. The van der Waals surface area contributed by atoms with Crippen LogP contribution >= 0.6 is 11.6 Å². The van der Waals surface area contributed by atoms with E-state index >= 15 is 0 Å². The molecule has 0 radical (unpaired) electrons. The Morgan fingerprint density at radius 2 is 2.05 bits per heavy atom. The fourth-order valence-electron chi connectivity index (χ4n) is 1.83. The molecule has 0 atom stereocenters. The Morgan fingerprint density at radius 3 is 2.70 bits per heavy atom. The van der Waals surface area contributed by atoms with E-state index in [9.17, 15) is 4.79 Å². The van der Waals surface area contributed by atoms with Crippen LogP contribution in [0, 0.1) is 6.92 Å². The number of nitrogens with two attached hydrogens (primary N) is 1. The molecule has 0 spiro atoms. The van der Waals surface area contributed by atoms with Crippen LogP contribution in [0.4, 0.5) is 11.4 Å². The number of hydrogen-bond acceptors (Lipinski definition) is 3. The number of nitrogens with one attached hydrogen (secondary N) is 1. The number of rotatable bonds is 3. The third-order valence-electron chi connectivity index (χ3n) is 2.90. The zero-order chi connectivity index (χ0) is 14.7. The van der Waals surface area contributed by atoms with Gasteiger partial charge in [-0.2, -0.15) is 0 Å². The summed E-state index contributed by atoms with van der Waals surface area (Å²) >= 11 is 6.09. The molecule has 0 unspecified atom stereocenters. The molecule has 0 aliphatic heterocycles. The van der Waals surface area contributed by atoms with Crippen LogP contribution in [-0.2, 0) is 0 Å². The van der Waals surface area contributed by atoms with Crippen LogP contribution in [0.3, 0.4) is 0 Å². The predicted molar refractivity (Wildman–Crippen MR) is 81.5 cm³/mol. The van der Waals surface area contributed by atoms with E-state index in [0.717, 1.165) is 5.56 Å². The van der Waals surface area contributed by atoms with Gasteiger partial charge in [-0.25, -0.2) is 0 Å². The quantitative estimate of drug-likeness (QED) is 0.851. The summed E-state index contributed by atoms with van der Waals surface area (Å²) in [4.78, 5) is 12.2. The zero-order valence-electron chi connectivity index (χ0n) is 11.2. The Hall–Kier alpha value is -2.20. The lowest BCUT2D eigenvalue weighted by Crippen LogP contribution is -2.14. The second kappa shape index (κ2) is 5.84. The Balaban J connectivity index is 2.28. The maximum atomic E-state index is 12.2. The third-order valence-corrected chi connectivity index (χ3v) is 3.22. The molecule has 0 aliphatic carbocycles. The number of amides is 1. The van der Waals surface area contributed by atoms with Crippen molar-refractivity contribution >= 4 is 28.9 Å². The summed E-state index contributed by atoms with van der Waals surface area (Å²) in [5.41, 5.74) is 8.11. The van der Waals surface area contributed by atoms with Crippen LogP contribution in [0.2, 0.25) is 5.02 Å². The molecule has 2 aromatic carbocycles. The Morgan fingerprint density at radius 1 is 1.30 bits per heavy atom. The first-order chi connectivity index (χ1) is 9.52. The molecule has 0 heterocycles. The molecule has 0 saturated heterocycles. The van der Waals surface area contributed by atoms with Crippen molar-refractivity contribution in [3.8, 4) is 5.75 Å². The van der Waals surface area contributed by atoms with Gasteiger partial charge in [0, 0.05) is 0 Å². The summed E-state index contributed by atoms with van der Waals surface area (Å²) < 4.78 is 5.09. The number of methoxy groups -OCH3 is 1. The van der Waals surface area contributed by atoms with Gasteiger partial charge in [-0.3, -0.25) is 4.79 Å². The standard InChI is InChI=1S/C15H15ClN2O2/c1-9-6-7-12(11(16)8-9)18-15(19)10-4-3-5-13(20-2)14(10)17/h3-8H,17H2,1-2H3,(H,18,19). The fraction of sp³-hybridized carbons (Fsp3) is 0.133. The molecule has 104 valence electrons. The molecule has 0 aliphatic rings. The minimum absolute atomic E-state index is 0.302. The Kier molecular flexibility index (Phi) is 4.15. The van der Waals surface area contributed by atoms with Crippen molar-refractivity contribution < 1.29 is 9.53 Å². The minimum atomic E-state index is -0.327. The summed E-state index contributed by atoms with van der Waals surface area (Å²) in [7, 11) is 1.50. The number of ether oxygens (including phenoxy) is 1. The first-order valence-electron chi connectivity index (χ1n) is 6.03. The predicted octanol–water partition coefficient (Wildman–Crippen LogP) is 3.49. The number of anilines is 2. The summed E-state index contributed by atoms with van der Waals surface area (Å²) in [5.74, 6) is 0.139. The first kappa shape index (κ1) is 14.2. The highest BCUT2D eigenvalue weighted by Crippen LogP contribution is 2.27. The molecule has 5 heteroatoms. The highest BCUT2D eigenvalue weighted by molar-refractivity contribution is 6.34. The van der Waals surface area contributed by atoms with E-state index in [4.69, 9.17) is 22.1 Å². The molecule has 0 bridgehead atoms. The topological polar surface area (TPSA) is 64.3 Å². The largest absolute Gasteiger partial charge is 0.495 e. The SMILES string of the molecule is COc1cccc(C(=O)Nc2ccc(C)cc2Cl)c1N. The molecular weight excluding hydrogens is 276 g/mol. The van der Waals surface area contributed by atoms with Gasteiger partial charge in [0.15, 0.2) is 0 Å². The van der Waals surface area contributed by atoms with E-state index in [2.05, 4.69) is 5.32 Å². The lowest BCUT2D eigenvalue weighted by molar-refractivity contribution is 0.102. The second-order valence-electron chi connectivity index (χ2n) is 4.36. The van der Waals surface area contributed by atoms with E-state index in [1.807, 2.05) is 13.0 Å². The van der Waals surface area contributed by atoms with Crippen molar-refractivity contribution in [1.82, 2.24) is 0 Å². The van der Waals surface area contributed by atoms with E-state index in [1.165, 1.54) is 7.11 Å². The van der Waals surface area contributed by atoms with Gasteiger partial charge < -0.3 is 15.8 Å². The zero-order valence-corrected chi connectivity index (χ0v) is 12.0. The van der Waals surface area contributed by atoms with Crippen molar-refractivity contribution in [3.05, 3.63) is 52.5 Å². The van der Waals surface area contributed by atoms with Gasteiger partial charge in [0.05, 0.1) is 29.1 Å². The normalized spacial score (nSPS) is 10.2. The van der Waals surface area contributed by atoms with Crippen molar-refractivity contribution in [2.24, 2.45) is 0 Å². The van der Waals surface area contributed by atoms with Crippen molar-refractivity contribution in [2.75, 3.05) is 18.2 Å². The van der Waals surface area contributed by atoms with Crippen LogP contribution in [0.5, 0.6) is 5.75 Å². The molecule has 3 N–H and O–H groups in total. The molecule has 0 aromatic heterocycles. The van der Waals surface area contributed by atoms with Crippen LogP contribution in [0.15, 0.2) is 36.4 Å². The average Bonchev–Trinajstić information content (AvgIpc) is 2.42. The van der Waals surface area contributed by atoms with E-state index in [1.54, 1.807) is 30.3 Å². The molecule has 0 fully saturated rings. The molecule has 20 heavy (non-hydrogen) atoms. The lowest BCUT2D eigenvalue weighted by atomic mass is 10.1. The summed E-state index contributed by atoms with van der Waals surface area (Å²) in [6, 6.07) is 10.5. The number of carbonyl (C=O) groups excluding carboxylic acids is 1. The molecule has 1 amide bonds. The van der Waals surface area contributed by atoms with Crippen molar-refractivity contribution in [3.63, 3.8) is 0 Å². The maximum Gasteiger partial charge on any atom is 0.257 e. The van der Waals surface area contributed by atoms with E-state index in [-0.39, 0.29) is 5.91 Å². The number of nitrogen functional groups attached to an aromatic ring is 1. The first-order valence-corrected chi connectivity index (χ1v) is 6.40. The number of carbonyl (C=O) groups is 1. The van der Waals surface area contributed by atoms with E-state index in [0.29, 0.717) is 27.7 Å². The van der Waals surface area contributed by atoms with Gasteiger partial charge in [-0.1, -0.05) is 23.7 Å². The smallest absolute Gasteiger partial charge is 0.257 e. The van der Waals surface area contributed by atoms with Crippen LogP contribution in [0.1, 0.15) is 15.9 Å². The molecule has 2 aromatic rings. The Labute approximate surface area is 122 Å². The third kappa shape index (κ3) is 2.86. The van der Waals surface area contributed by atoms with Crippen LogP contribution in [-0.4, -0.2) is 13.0 Å². The Bertz CT molecular complexity index is 656. The van der Waals surface area contributed by atoms with Gasteiger partial charge in [0.25, 0.3) is 5.91 Å². The molecular formula is C15H15ClN2O2. The van der Waals surface area contributed by atoms with Gasteiger partial charge >= 0.3 is 0 Å². The summed E-state index contributed by atoms with van der Waals surface area (Å²) in [6.45, 7) is 1.93. The van der Waals surface area contributed by atoms with Crippen molar-refractivity contribution in [1.29, 1.82) is 0 Å². The molecule has 4 nitrogen and oxygen atoms in total. The minimum Gasteiger partial charge on any atom is -0.495 e. The summed E-state index contributed by atoms with van der Waals surface area (Å²) in [5, 5.41) is 3.23. The van der Waals surface area contributed by atoms with Crippen LogP contribution in [0.25, 0.3) is 0 Å². The number of hydrogen-bond donors (Lipinski definition) is 2.